The van der Waals surface area contributed by atoms with Gasteiger partial charge < -0.3 is 20.5 Å². The number of rotatable bonds is 10. The number of ether oxygens (including phenoxy) is 1. The van der Waals surface area contributed by atoms with Gasteiger partial charge in [-0.15, -0.1) is 0 Å². The first-order chi connectivity index (χ1) is 16.0. The standard InChI is InChI=1S/C26H30N2O5/c1-2-7-17(13-24(29)27-14-16-12-22(16)25(30)31)28-26(32)33-15-23-20-10-5-3-8-18(20)19-9-4-6-11-21(19)23/h3-6,8-11,16-17,22-23H,2,7,12-15H2,1H3,(H,27,29)(H,28,32)(H,30,31)/t16-,17?,22-/m0/s1. The minimum atomic E-state index is -0.810. The smallest absolute Gasteiger partial charge is 0.407 e. The molecular weight excluding hydrogens is 420 g/mol. The molecule has 0 heterocycles. The van der Waals surface area contributed by atoms with Crippen LogP contribution in [0.3, 0.4) is 0 Å². The number of amides is 2. The van der Waals surface area contributed by atoms with Gasteiger partial charge in [0.25, 0.3) is 0 Å². The van der Waals surface area contributed by atoms with Crippen LogP contribution < -0.4 is 10.6 Å². The normalized spacial score (nSPS) is 19.2. The van der Waals surface area contributed by atoms with Gasteiger partial charge in [0.2, 0.25) is 5.91 Å². The summed E-state index contributed by atoms with van der Waals surface area (Å²) in [6.45, 7) is 2.58. The molecule has 0 spiro atoms. The monoisotopic (exact) mass is 450 g/mol. The molecule has 3 N–H and O–H groups in total. The molecule has 2 aliphatic carbocycles. The number of hydrogen-bond acceptors (Lipinski definition) is 4. The summed E-state index contributed by atoms with van der Waals surface area (Å²) < 4.78 is 5.60. The van der Waals surface area contributed by atoms with Crippen LogP contribution >= 0.6 is 0 Å². The highest BCUT2D eigenvalue weighted by atomic mass is 16.5. The van der Waals surface area contributed by atoms with Gasteiger partial charge in [0, 0.05) is 24.9 Å². The SMILES string of the molecule is CCCC(CC(=O)NC[C@@H]1C[C@@H]1C(=O)O)NC(=O)OCC1c2ccccc2-c2ccccc21. The second-order valence-electron chi connectivity index (χ2n) is 8.90. The Kier molecular flexibility index (Phi) is 6.96. The van der Waals surface area contributed by atoms with Gasteiger partial charge in [-0.05, 0) is 41.0 Å². The third kappa shape index (κ3) is 5.35. The van der Waals surface area contributed by atoms with Crippen LogP contribution in [-0.2, 0) is 14.3 Å². The zero-order valence-corrected chi connectivity index (χ0v) is 18.8. The molecular formula is C26H30N2O5. The quantitative estimate of drug-likeness (QED) is 0.509. The molecule has 2 aromatic rings. The van der Waals surface area contributed by atoms with E-state index in [1.165, 1.54) is 11.1 Å². The average molecular weight is 451 g/mol. The van der Waals surface area contributed by atoms with E-state index in [9.17, 15) is 14.4 Å². The van der Waals surface area contributed by atoms with Crippen molar-refractivity contribution in [2.45, 2.75) is 44.6 Å². The number of carbonyl (C=O) groups is 3. The Bertz CT molecular complexity index is 991. The van der Waals surface area contributed by atoms with Crippen LogP contribution in [-0.4, -0.2) is 42.3 Å². The summed E-state index contributed by atoms with van der Waals surface area (Å²) in [7, 11) is 0. The summed E-state index contributed by atoms with van der Waals surface area (Å²) in [6.07, 6.45) is 1.68. The second kappa shape index (κ2) is 10.1. The van der Waals surface area contributed by atoms with Crippen molar-refractivity contribution in [1.29, 1.82) is 0 Å². The molecule has 7 nitrogen and oxygen atoms in total. The molecule has 2 amide bonds. The summed E-state index contributed by atoms with van der Waals surface area (Å²) in [5.74, 6) is -1.36. The summed E-state index contributed by atoms with van der Waals surface area (Å²) in [5.41, 5.74) is 4.64. The largest absolute Gasteiger partial charge is 0.481 e. The minimum Gasteiger partial charge on any atom is -0.481 e. The highest BCUT2D eigenvalue weighted by Crippen LogP contribution is 2.44. The van der Waals surface area contributed by atoms with E-state index in [1.807, 2.05) is 31.2 Å². The fourth-order valence-electron chi connectivity index (χ4n) is 4.70. The van der Waals surface area contributed by atoms with Crippen molar-refractivity contribution in [2.75, 3.05) is 13.2 Å². The molecule has 0 aliphatic heterocycles. The maximum absolute atomic E-state index is 12.6. The summed E-state index contributed by atoms with van der Waals surface area (Å²) in [4.78, 5) is 35.8. The first-order valence-corrected chi connectivity index (χ1v) is 11.6. The molecule has 0 radical (unpaired) electrons. The van der Waals surface area contributed by atoms with Crippen molar-refractivity contribution in [2.24, 2.45) is 11.8 Å². The molecule has 2 aromatic carbocycles. The Labute approximate surface area is 193 Å². The topological polar surface area (TPSA) is 105 Å². The van der Waals surface area contributed by atoms with Crippen molar-refractivity contribution in [3.63, 3.8) is 0 Å². The van der Waals surface area contributed by atoms with Crippen LogP contribution in [0.15, 0.2) is 48.5 Å². The molecule has 1 unspecified atom stereocenters. The lowest BCUT2D eigenvalue weighted by atomic mass is 9.98. The Morgan fingerprint density at radius 1 is 1.06 bits per heavy atom. The van der Waals surface area contributed by atoms with Crippen molar-refractivity contribution in [1.82, 2.24) is 10.6 Å². The van der Waals surface area contributed by atoms with Gasteiger partial charge in [-0.25, -0.2) is 4.79 Å². The average Bonchev–Trinajstić information content (AvgIpc) is 3.52. The summed E-state index contributed by atoms with van der Waals surface area (Å²) >= 11 is 0. The van der Waals surface area contributed by atoms with Crippen molar-refractivity contribution in [3.05, 3.63) is 59.7 Å². The van der Waals surface area contributed by atoms with Crippen molar-refractivity contribution < 1.29 is 24.2 Å². The van der Waals surface area contributed by atoms with Crippen molar-refractivity contribution in [3.8, 4) is 11.1 Å². The molecule has 33 heavy (non-hydrogen) atoms. The number of benzene rings is 2. The van der Waals surface area contributed by atoms with Gasteiger partial charge in [-0.3, -0.25) is 9.59 Å². The van der Waals surface area contributed by atoms with Crippen LogP contribution in [0.2, 0.25) is 0 Å². The molecule has 4 rings (SSSR count). The van der Waals surface area contributed by atoms with Gasteiger partial charge in [0.15, 0.2) is 0 Å². The third-order valence-electron chi connectivity index (χ3n) is 6.54. The van der Waals surface area contributed by atoms with E-state index in [4.69, 9.17) is 9.84 Å². The fraction of sp³-hybridized carbons (Fsp3) is 0.423. The number of carboxylic acid groups (broad SMARTS) is 1. The molecule has 1 fully saturated rings. The lowest BCUT2D eigenvalue weighted by molar-refractivity contribution is -0.139. The molecule has 2 aliphatic rings. The molecule has 0 bridgehead atoms. The number of alkyl carbamates (subject to hydrolysis) is 1. The molecule has 0 aromatic heterocycles. The van der Waals surface area contributed by atoms with Gasteiger partial charge in [0.05, 0.1) is 5.92 Å². The Hall–Kier alpha value is -3.35. The molecule has 1 saturated carbocycles. The highest BCUT2D eigenvalue weighted by Gasteiger charge is 2.43. The first kappa shape index (κ1) is 22.8. The molecule has 7 heteroatoms. The van der Waals surface area contributed by atoms with E-state index < -0.39 is 12.1 Å². The van der Waals surface area contributed by atoms with E-state index in [0.29, 0.717) is 19.4 Å². The lowest BCUT2D eigenvalue weighted by Crippen LogP contribution is -2.40. The predicted molar refractivity (Wildman–Crippen MR) is 124 cm³/mol. The van der Waals surface area contributed by atoms with Gasteiger partial charge in [-0.2, -0.15) is 0 Å². The number of hydrogen-bond donors (Lipinski definition) is 3. The van der Waals surface area contributed by atoms with Crippen LogP contribution in [0.4, 0.5) is 4.79 Å². The first-order valence-electron chi connectivity index (χ1n) is 11.6. The molecule has 174 valence electrons. The minimum absolute atomic E-state index is 0.00571. The van der Waals surface area contributed by atoms with E-state index >= 15 is 0 Å². The number of aliphatic carboxylic acids is 1. The highest BCUT2D eigenvalue weighted by molar-refractivity contribution is 5.80. The molecule has 0 saturated heterocycles. The summed E-state index contributed by atoms with van der Waals surface area (Å²) in [6, 6.07) is 16.0. The number of carboxylic acids is 1. The maximum atomic E-state index is 12.6. The van der Waals surface area contributed by atoms with E-state index in [2.05, 4.69) is 34.9 Å². The maximum Gasteiger partial charge on any atom is 0.407 e. The number of fused-ring (bicyclic) bond motifs is 3. The van der Waals surface area contributed by atoms with Crippen LogP contribution in [0.25, 0.3) is 11.1 Å². The van der Waals surface area contributed by atoms with E-state index in [0.717, 1.165) is 17.5 Å². The zero-order valence-electron chi connectivity index (χ0n) is 18.8. The van der Waals surface area contributed by atoms with Gasteiger partial charge >= 0.3 is 12.1 Å². The van der Waals surface area contributed by atoms with Crippen LogP contribution in [0, 0.1) is 11.8 Å². The third-order valence-corrected chi connectivity index (χ3v) is 6.54. The Balaban J connectivity index is 1.29. The van der Waals surface area contributed by atoms with Gasteiger partial charge in [-0.1, -0.05) is 61.9 Å². The number of carbonyl (C=O) groups excluding carboxylic acids is 2. The van der Waals surface area contributed by atoms with Crippen LogP contribution in [0.5, 0.6) is 0 Å². The fourth-order valence-corrected chi connectivity index (χ4v) is 4.70. The molecule has 3 atom stereocenters. The Morgan fingerprint density at radius 2 is 1.70 bits per heavy atom. The second-order valence-corrected chi connectivity index (χ2v) is 8.90. The number of nitrogens with one attached hydrogen (secondary N) is 2. The van der Waals surface area contributed by atoms with E-state index in [1.54, 1.807) is 0 Å². The van der Waals surface area contributed by atoms with E-state index in [-0.39, 0.29) is 42.7 Å². The Morgan fingerprint density at radius 3 is 2.27 bits per heavy atom. The predicted octanol–water partition coefficient (Wildman–Crippen LogP) is 3.92. The lowest BCUT2D eigenvalue weighted by Gasteiger charge is -2.19. The zero-order chi connectivity index (χ0) is 23.4. The van der Waals surface area contributed by atoms with Crippen LogP contribution in [0.1, 0.15) is 49.7 Å². The van der Waals surface area contributed by atoms with Gasteiger partial charge in [0.1, 0.15) is 6.61 Å². The van der Waals surface area contributed by atoms with Crippen molar-refractivity contribution >= 4 is 18.0 Å². The summed E-state index contributed by atoms with van der Waals surface area (Å²) in [5, 5.41) is 14.6.